The third-order valence-corrected chi connectivity index (χ3v) is 6.70. The van der Waals surface area contributed by atoms with Crippen molar-refractivity contribution in [1.82, 2.24) is 25.1 Å². The van der Waals surface area contributed by atoms with Crippen molar-refractivity contribution < 1.29 is 14.4 Å². The standard InChI is InChI=1S/C24H28N6O3/c1-16-18-9-10-20(31)30(14-17-6-3-2-4-7-17)23(18)27-22(26-16)19-8-5-12-28(19)15-21(32)29-13-11-25-24(29)33/h2-4,6-7,19H,5,8-15H2,1H3,(H,25,33)/t19-/m0/s1. The van der Waals surface area contributed by atoms with Gasteiger partial charge in [-0.05, 0) is 38.3 Å². The molecule has 9 nitrogen and oxygen atoms in total. The highest BCUT2D eigenvalue weighted by Gasteiger charge is 2.35. The number of hydrogen-bond acceptors (Lipinski definition) is 6. The SMILES string of the molecule is Cc1nc([C@@H]2CCCN2CC(=O)N2CCNC2=O)nc2c1CCC(=O)N2Cc1ccccc1. The number of aryl methyl sites for hydroxylation is 1. The van der Waals surface area contributed by atoms with Gasteiger partial charge in [0.1, 0.15) is 11.6 Å². The summed E-state index contributed by atoms with van der Waals surface area (Å²) in [4.78, 5) is 52.3. The Morgan fingerprint density at radius 2 is 1.94 bits per heavy atom. The number of rotatable bonds is 5. The van der Waals surface area contributed by atoms with E-state index in [-0.39, 0.29) is 30.4 Å². The maximum Gasteiger partial charge on any atom is 0.324 e. The van der Waals surface area contributed by atoms with Crippen molar-refractivity contribution in [2.45, 2.75) is 45.2 Å². The number of amides is 4. The van der Waals surface area contributed by atoms with E-state index in [0.29, 0.717) is 44.1 Å². The minimum Gasteiger partial charge on any atom is -0.336 e. The third kappa shape index (κ3) is 4.20. The summed E-state index contributed by atoms with van der Waals surface area (Å²) in [5.74, 6) is 1.20. The van der Waals surface area contributed by atoms with Crippen molar-refractivity contribution >= 4 is 23.7 Å². The highest BCUT2D eigenvalue weighted by atomic mass is 16.2. The number of nitrogens with zero attached hydrogens (tertiary/aromatic N) is 5. The van der Waals surface area contributed by atoms with Gasteiger partial charge < -0.3 is 5.32 Å². The average molecular weight is 449 g/mol. The number of imide groups is 1. The molecule has 0 radical (unpaired) electrons. The van der Waals surface area contributed by atoms with Crippen molar-refractivity contribution in [1.29, 1.82) is 0 Å². The fourth-order valence-electron chi connectivity index (χ4n) is 4.96. The van der Waals surface area contributed by atoms with Crippen LogP contribution in [0.5, 0.6) is 0 Å². The monoisotopic (exact) mass is 448 g/mol. The molecular weight excluding hydrogens is 420 g/mol. The minimum absolute atomic E-state index is 0.0638. The number of fused-ring (bicyclic) bond motifs is 1. The molecule has 33 heavy (non-hydrogen) atoms. The normalized spacial score (nSPS) is 20.8. The highest BCUT2D eigenvalue weighted by molar-refractivity contribution is 5.97. The zero-order valence-corrected chi connectivity index (χ0v) is 18.8. The van der Waals surface area contributed by atoms with Crippen LogP contribution in [0.15, 0.2) is 30.3 Å². The molecule has 9 heteroatoms. The van der Waals surface area contributed by atoms with E-state index in [1.807, 2.05) is 37.3 Å². The van der Waals surface area contributed by atoms with E-state index in [1.54, 1.807) is 4.90 Å². The lowest BCUT2D eigenvalue weighted by Crippen LogP contribution is -2.42. The summed E-state index contributed by atoms with van der Waals surface area (Å²) >= 11 is 0. The largest absolute Gasteiger partial charge is 0.336 e. The van der Waals surface area contributed by atoms with E-state index in [0.717, 1.165) is 36.2 Å². The van der Waals surface area contributed by atoms with Gasteiger partial charge >= 0.3 is 6.03 Å². The number of carbonyl (C=O) groups excluding carboxylic acids is 3. The second-order valence-corrected chi connectivity index (χ2v) is 8.84. The van der Waals surface area contributed by atoms with Gasteiger partial charge in [0.05, 0.1) is 19.1 Å². The van der Waals surface area contributed by atoms with E-state index >= 15 is 0 Å². The smallest absolute Gasteiger partial charge is 0.324 e. The molecule has 0 aliphatic carbocycles. The molecule has 0 saturated carbocycles. The molecule has 1 atom stereocenters. The van der Waals surface area contributed by atoms with Crippen LogP contribution in [-0.4, -0.2) is 63.8 Å². The molecule has 172 valence electrons. The third-order valence-electron chi connectivity index (χ3n) is 6.70. The Bertz CT molecular complexity index is 1090. The van der Waals surface area contributed by atoms with Gasteiger partial charge in [0, 0.05) is 30.8 Å². The number of carbonyl (C=O) groups is 3. The second-order valence-electron chi connectivity index (χ2n) is 8.84. The van der Waals surface area contributed by atoms with E-state index in [4.69, 9.17) is 9.97 Å². The predicted octanol–water partition coefficient (Wildman–Crippen LogP) is 1.95. The molecule has 2 fully saturated rings. The number of anilines is 1. The molecule has 2 aromatic rings. The van der Waals surface area contributed by atoms with Gasteiger partial charge in [-0.1, -0.05) is 30.3 Å². The predicted molar refractivity (Wildman–Crippen MR) is 121 cm³/mol. The number of benzene rings is 1. The van der Waals surface area contributed by atoms with Crippen molar-refractivity contribution in [2.24, 2.45) is 0 Å². The van der Waals surface area contributed by atoms with Crippen LogP contribution in [0.4, 0.5) is 10.6 Å². The lowest BCUT2D eigenvalue weighted by molar-refractivity contribution is -0.129. The topological polar surface area (TPSA) is 98.7 Å². The van der Waals surface area contributed by atoms with Crippen LogP contribution in [0.25, 0.3) is 0 Å². The molecule has 0 spiro atoms. The van der Waals surface area contributed by atoms with Crippen LogP contribution in [0, 0.1) is 6.92 Å². The summed E-state index contributed by atoms with van der Waals surface area (Å²) in [5, 5.41) is 2.67. The fourth-order valence-corrected chi connectivity index (χ4v) is 4.96. The Kier molecular flexibility index (Phi) is 5.80. The maximum atomic E-state index is 12.9. The van der Waals surface area contributed by atoms with E-state index < -0.39 is 0 Å². The fraction of sp³-hybridized carbons (Fsp3) is 0.458. The van der Waals surface area contributed by atoms with Crippen molar-refractivity contribution in [3.63, 3.8) is 0 Å². The Balaban J connectivity index is 1.42. The van der Waals surface area contributed by atoms with Gasteiger partial charge in [0.2, 0.25) is 11.8 Å². The zero-order chi connectivity index (χ0) is 22.9. The molecule has 1 N–H and O–H groups in total. The zero-order valence-electron chi connectivity index (χ0n) is 18.8. The Hall–Kier alpha value is -3.33. The highest BCUT2D eigenvalue weighted by Crippen LogP contribution is 2.35. The van der Waals surface area contributed by atoms with Gasteiger partial charge in [-0.25, -0.2) is 14.8 Å². The van der Waals surface area contributed by atoms with Gasteiger partial charge in [0.25, 0.3) is 0 Å². The molecule has 4 heterocycles. The van der Waals surface area contributed by atoms with Crippen molar-refractivity contribution in [3.05, 3.63) is 53.0 Å². The number of urea groups is 1. The molecule has 3 aliphatic heterocycles. The number of nitrogens with one attached hydrogen (secondary N) is 1. The second kappa shape index (κ2) is 8.90. The molecule has 5 rings (SSSR count). The summed E-state index contributed by atoms with van der Waals surface area (Å²) in [7, 11) is 0. The Morgan fingerprint density at radius 3 is 2.70 bits per heavy atom. The molecule has 1 aromatic carbocycles. The van der Waals surface area contributed by atoms with Gasteiger partial charge in [-0.2, -0.15) is 0 Å². The Labute approximate surface area is 192 Å². The van der Waals surface area contributed by atoms with Crippen LogP contribution in [0.1, 0.15) is 47.9 Å². The van der Waals surface area contributed by atoms with Crippen LogP contribution in [-0.2, 0) is 22.6 Å². The molecular formula is C24H28N6O3. The molecule has 2 saturated heterocycles. The van der Waals surface area contributed by atoms with Gasteiger partial charge in [-0.15, -0.1) is 0 Å². The molecule has 0 unspecified atom stereocenters. The summed E-state index contributed by atoms with van der Waals surface area (Å²) < 4.78 is 0. The van der Waals surface area contributed by atoms with Crippen LogP contribution in [0.2, 0.25) is 0 Å². The molecule has 0 bridgehead atoms. The van der Waals surface area contributed by atoms with Crippen LogP contribution >= 0.6 is 0 Å². The minimum atomic E-state index is -0.327. The Morgan fingerprint density at radius 1 is 1.12 bits per heavy atom. The first-order chi connectivity index (χ1) is 16.0. The summed E-state index contributed by atoms with van der Waals surface area (Å²) in [6.45, 7) is 4.24. The lowest BCUT2D eigenvalue weighted by atomic mass is 10.0. The number of likely N-dealkylation sites (tertiary alicyclic amines) is 1. The summed E-state index contributed by atoms with van der Waals surface area (Å²) in [5.41, 5.74) is 2.95. The van der Waals surface area contributed by atoms with E-state index in [9.17, 15) is 14.4 Å². The lowest BCUT2D eigenvalue weighted by Gasteiger charge is -2.31. The van der Waals surface area contributed by atoms with Gasteiger partial charge in [0.15, 0.2) is 0 Å². The molecule has 1 aromatic heterocycles. The maximum absolute atomic E-state index is 12.9. The summed E-state index contributed by atoms with van der Waals surface area (Å²) in [6, 6.07) is 9.47. The van der Waals surface area contributed by atoms with E-state index in [1.165, 1.54) is 4.90 Å². The van der Waals surface area contributed by atoms with Crippen LogP contribution < -0.4 is 10.2 Å². The van der Waals surface area contributed by atoms with Crippen molar-refractivity contribution in [2.75, 3.05) is 31.1 Å². The van der Waals surface area contributed by atoms with Crippen molar-refractivity contribution in [3.8, 4) is 0 Å². The quantitative estimate of drug-likeness (QED) is 0.751. The van der Waals surface area contributed by atoms with Gasteiger partial charge in [-0.3, -0.25) is 24.3 Å². The molecule has 3 aliphatic rings. The first-order valence-electron chi connectivity index (χ1n) is 11.5. The number of hydrogen-bond donors (Lipinski definition) is 1. The number of aromatic nitrogens is 2. The van der Waals surface area contributed by atoms with E-state index in [2.05, 4.69) is 10.2 Å². The van der Waals surface area contributed by atoms with Crippen LogP contribution in [0.3, 0.4) is 0 Å². The average Bonchev–Trinajstić information content (AvgIpc) is 3.45. The first kappa shape index (κ1) is 21.5. The first-order valence-corrected chi connectivity index (χ1v) is 11.5. The summed E-state index contributed by atoms with van der Waals surface area (Å²) in [6.07, 6.45) is 2.86. The molecule has 4 amide bonds.